The van der Waals surface area contributed by atoms with Gasteiger partial charge in [-0.15, -0.1) is 0 Å². The molecule has 0 aliphatic carbocycles. The second kappa shape index (κ2) is 7.86. The van der Waals surface area contributed by atoms with E-state index < -0.39 is 0 Å². The van der Waals surface area contributed by atoms with Gasteiger partial charge >= 0.3 is 0 Å². The molecule has 2 amide bonds. The van der Waals surface area contributed by atoms with E-state index in [2.05, 4.69) is 10.6 Å². The number of ether oxygens (including phenoxy) is 1. The number of thiocarbonyl (C=S) groups is 1. The van der Waals surface area contributed by atoms with Crippen molar-refractivity contribution in [2.75, 3.05) is 31.6 Å². The van der Waals surface area contributed by atoms with Crippen molar-refractivity contribution >= 4 is 34.8 Å². The summed E-state index contributed by atoms with van der Waals surface area (Å²) in [6.45, 7) is 3.99. The largest absolute Gasteiger partial charge is 0.378 e. The normalized spacial score (nSPS) is 14.3. The van der Waals surface area contributed by atoms with E-state index in [1.165, 1.54) is 0 Å². The van der Waals surface area contributed by atoms with Gasteiger partial charge in [0.25, 0.3) is 5.91 Å². The molecule has 0 radical (unpaired) electrons. The molecular formula is C15H19N3O3S. The Hall–Kier alpha value is -1.99. The molecule has 0 atom stereocenters. The summed E-state index contributed by atoms with van der Waals surface area (Å²) in [7, 11) is 0. The Morgan fingerprint density at radius 1 is 1.27 bits per heavy atom. The highest BCUT2D eigenvalue weighted by atomic mass is 32.1. The molecule has 1 aliphatic heterocycles. The minimum Gasteiger partial charge on any atom is -0.378 e. The van der Waals surface area contributed by atoms with Crippen molar-refractivity contribution < 1.29 is 14.3 Å². The van der Waals surface area contributed by atoms with Crippen molar-refractivity contribution in [2.24, 2.45) is 0 Å². The molecule has 0 spiro atoms. The predicted molar refractivity (Wildman–Crippen MR) is 87.8 cm³/mol. The van der Waals surface area contributed by atoms with E-state index in [1.807, 2.05) is 6.07 Å². The van der Waals surface area contributed by atoms with Crippen molar-refractivity contribution in [3.05, 3.63) is 29.8 Å². The van der Waals surface area contributed by atoms with E-state index >= 15 is 0 Å². The van der Waals surface area contributed by atoms with Gasteiger partial charge in [0, 0.05) is 19.5 Å². The van der Waals surface area contributed by atoms with Crippen molar-refractivity contribution in [3.63, 3.8) is 0 Å². The third kappa shape index (κ3) is 4.25. The third-order valence-electron chi connectivity index (χ3n) is 3.28. The summed E-state index contributed by atoms with van der Waals surface area (Å²) in [5.74, 6) is -0.245. The van der Waals surface area contributed by atoms with Crippen LogP contribution in [-0.4, -0.2) is 48.1 Å². The topological polar surface area (TPSA) is 70.7 Å². The van der Waals surface area contributed by atoms with Crippen LogP contribution in [0.2, 0.25) is 0 Å². The Morgan fingerprint density at radius 2 is 1.95 bits per heavy atom. The molecule has 0 saturated carbocycles. The minimum absolute atomic E-state index is 0.0731. The number of nitrogens with one attached hydrogen (secondary N) is 2. The van der Waals surface area contributed by atoms with Crippen LogP contribution in [0.3, 0.4) is 0 Å². The molecule has 1 aliphatic rings. The number of para-hydroxylation sites is 1. The van der Waals surface area contributed by atoms with Crippen LogP contribution >= 0.6 is 12.2 Å². The molecule has 0 bridgehead atoms. The van der Waals surface area contributed by atoms with Crippen LogP contribution in [0.5, 0.6) is 0 Å². The molecule has 118 valence electrons. The van der Waals surface area contributed by atoms with Gasteiger partial charge in [-0.25, -0.2) is 0 Å². The third-order valence-corrected chi connectivity index (χ3v) is 3.48. The zero-order valence-electron chi connectivity index (χ0n) is 12.4. The number of morpholine rings is 1. The molecule has 0 aromatic heterocycles. The van der Waals surface area contributed by atoms with Gasteiger partial charge in [0.15, 0.2) is 5.11 Å². The summed E-state index contributed by atoms with van der Waals surface area (Å²) < 4.78 is 5.26. The number of carbonyl (C=O) groups is 2. The van der Waals surface area contributed by atoms with Gasteiger partial charge in [0.2, 0.25) is 5.91 Å². The monoisotopic (exact) mass is 321 g/mol. The summed E-state index contributed by atoms with van der Waals surface area (Å²) in [4.78, 5) is 25.7. The molecule has 2 N–H and O–H groups in total. The molecule has 2 rings (SSSR count). The van der Waals surface area contributed by atoms with Crippen LogP contribution in [0.15, 0.2) is 24.3 Å². The summed E-state index contributed by atoms with van der Waals surface area (Å²) in [6.07, 6.45) is 0.343. The predicted octanol–water partition coefficient (Wildman–Crippen LogP) is 1.38. The second-order valence-corrected chi connectivity index (χ2v) is 5.21. The SMILES string of the molecule is CCC(=O)NC(=S)Nc1ccccc1C(=O)N1CCOCC1. The van der Waals surface area contributed by atoms with Gasteiger partial charge in [0.1, 0.15) is 0 Å². The fraction of sp³-hybridized carbons (Fsp3) is 0.400. The number of amides is 2. The van der Waals surface area contributed by atoms with Crippen LogP contribution < -0.4 is 10.6 Å². The van der Waals surface area contributed by atoms with Gasteiger partial charge in [-0.1, -0.05) is 19.1 Å². The number of hydrogen-bond donors (Lipinski definition) is 2. The molecule has 22 heavy (non-hydrogen) atoms. The Labute approximate surface area is 134 Å². The maximum Gasteiger partial charge on any atom is 0.256 e. The first kappa shape index (κ1) is 16.4. The average molecular weight is 321 g/mol. The second-order valence-electron chi connectivity index (χ2n) is 4.81. The van der Waals surface area contributed by atoms with E-state index in [0.29, 0.717) is 44.0 Å². The highest BCUT2D eigenvalue weighted by Crippen LogP contribution is 2.18. The van der Waals surface area contributed by atoms with Crippen LogP contribution in [-0.2, 0) is 9.53 Å². The quantitative estimate of drug-likeness (QED) is 0.823. The summed E-state index contributed by atoms with van der Waals surface area (Å²) >= 11 is 5.09. The first-order valence-corrected chi connectivity index (χ1v) is 7.59. The Balaban J connectivity index is 2.10. The molecule has 1 aromatic carbocycles. The summed E-state index contributed by atoms with van der Waals surface area (Å²) in [6, 6.07) is 7.11. The number of nitrogens with zero attached hydrogens (tertiary/aromatic N) is 1. The highest BCUT2D eigenvalue weighted by Gasteiger charge is 2.21. The lowest BCUT2D eigenvalue weighted by atomic mass is 10.1. The van der Waals surface area contributed by atoms with E-state index in [4.69, 9.17) is 17.0 Å². The van der Waals surface area contributed by atoms with Gasteiger partial charge in [-0.2, -0.15) is 0 Å². The van der Waals surface area contributed by atoms with Crippen molar-refractivity contribution in [1.29, 1.82) is 0 Å². The molecule has 1 heterocycles. The first-order valence-electron chi connectivity index (χ1n) is 7.18. The van der Waals surface area contributed by atoms with Gasteiger partial charge in [-0.3, -0.25) is 9.59 Å². The number of carbonyl (C=O) groups excluding carboxylic acids is 2. The average Bonchev–Trinajstić information content (AvgIpc) is 2.55. The van der Waals surface area contributed by atoms with Crippen LogP contribution in [0.25, 0.3) is 0 Å². The molecule has 0 unspecified atom stereocenters. The molecule has 1 fully saturated rings. The molecule has 1 saturated heterocycles. The van der Waals surface area contributed by atoms with Crippen LogP contribution in [0.1, 0.15) is 23.7 Å². The fourth-order valence-electron chi connectivity index (χ4n) is 2.08. The first-order chi connectivity index (χ1) is 10.6. The van der Waals surface area contributed by atoms with Gasteiger partial charge in [0.05, 0.1) is 24.5 Å². The van der Waals surface area contributed by atoms with Crippen molar-refractivity contribution in [2.45, 2.75) is 13.3 Å². The maximum absolute atomic E-state index is 12.6. The smallest absolute Gasteiger partial charge is 0.256 e. The summed E-state index contributed by atoms with van der Waals surface area (Å²) in [5.41, 5.74) is 1.11. The lowest BCUT2D eigenvalue weighted by molar-refractivity contribution is -0.119. The Bertz CT molecular complexity index is 571. The zero-order chi connectivity index (χ0) is 15.9. The Morgan fingerprint density at radius 3 is 2.64 bits per heavy atom. The van der Waals surface area contributed by atoms with Crippen molar-refractivity contribution in [3.8, 4) is 0 Å². The van der Waals surface area contributed by atoms with Gasteiger partial charge < -0.3 is 20.3 Å². The number of hydrogen-bond acceptors (Lipinski definition) is 4. The fourth-order valence-corrected chi connectivity index (χ4v) is 2.31. The van der Waals surface area contributed by atoms with Crippen molar-refractivity contribution in [1.82, 2.24) is 10.2 Å². The number of benzene rings is 1. The molecule has 1 aromatic rings. The lowest BCUT2D eigenvalue weighted by Gasteiger charge is -2.27. The van der Waals surface area contributed by atoms with E-state index in [1.54, 1.807) is 30.0 Å². The van der Waals surface area contributed by atoms with E-state index in [0.717, 1.165) is 0 Å². The highest BCUT2D eigenvalue weighted by molar-refractivity contribution is 7.80. The Kier molecular flexibility index (Phi) is 5.85. The standard InChI is InChI=1S/C15H19N3O3S/c1-2-13(19)17-15(22)16-12-6-4-3-5-11(12)14(20)18-7-9-21-10-8-18/h3-6H,2,7-10H2,1H3,(H2,16,17,19,22). The number of rotatable bonds is 3. The van der Waals surface area contributed by atoms with E-state index in [9.17, 15) is 9.59 Å². The zero-order valence-corrected chi connectivity index (χ0v) is 13.2. The molecule has 6 nitrogen and oxygen atoms in total. The van der Waals surface area contributed by atoms with Gasteiger partial charge in [-0.05, 0) is 24.4 Å². The molecular weight excluding hydrogens is 302 g/mol. The maximum atomic E-state index is 12.6. The minimum atomic E-state index is -0.172. The molecule has 7 heteroatoms. The van der Waals surface area contributed by atoms with E-state index in [-0.39, 0.29) is 16.9 Å². The lowest BCUT2D eigenvalue weighted by Crippen LogP contribution is -2.41. The van der Waals surface area contributed by atoms with Crippen LogP contribution in [0.4, 0.5) is 5.69 Å². The number of anilines is 1. The van der Waals surface area contributed by atoms with Crippen LogP contribution in [0, 0.1) is 0 Å². The summed E-state index contributed by atoms with van der Waals surface area (Å²) in [5, 5.41) is 5.67.